The Balaban J connectivity index is 1.97. The van der Waals surface area contributed by atoms with Crippen molar-refractivity contribution in [2.45, 2.75) is 48.4 Å². The molecule has 0 spiro atoms. The van der Waals surface area contributed by atoms with E-state index in [1.807, 2.05) is 0 Å². The lowest BCUT2D eigenvalue weighted by Gasteiger charge is -2.31. The van der Waals surface area contributed by atoms with E-state index in [-0.39, 0.29) is 11.8 Å². The van der Waals surface area contributed by atoms with E-state index in [4.69, 9.17) is 23.2 Å². The molecule has 0 heterocycles. The lowest BCUT2D eigenvalue weighted by Crippen LogP contribution is -2.49. The summed E-state index contributed by atoms with van der Waals surface area (Å²) in [6, 6.07) is 2.24. The maximum Gasteiger partial charge on any atom is 0.227 e. The largest absolute Gasteiger partial charge is 0.337 e. The van der Waals surface area contributed by atoms with Crippen molar-refractivity contribution in [3.8, 4) is 6.07 Å². The van der Waals surface area contributed by atoms with Crippen LogP contribution in [-0.4, -0.2) is 15.8 Å². The van der Waals surface area contributed by atoms with E-state index in [1.54, 1.807) is 0 Å². The fraction of sp³-hybridized carbons (Fsp3) is 0.818. The fourth-order valence-corrected chi connectivity index (χ4v) is 2.75. The van der Waals surface area contributed by atoms with Gasteiger partial charge in [0.15, 0.2) is 0 Å². The predicted octanol–water partition coefficient (Wildman–Crippen LogP) is 2.52. The van der Waals surface area contributed by atoms with Gasteiger partial charge < -0.3 is 5.32 Å². The van der Waals surface area contributed by atoms with E-state index < -0.39 is 9.87 Å². The summed E-state index contributed by atoms with van der Waals surface area (Å²) in [4.78, 5) is 11.8. The number of hydrogen-bond acceptors (Lipinski definition) is 2. The Morgan fingerprint density at radius 3 is 2.31 bits per heavy atom. The van der Waals surface area contributed by atoms with Crippen molar-refractivity contribution in [1.29, 1.82) is 5.26 Å². The lowest BCUT2D eigenvalue weighted by atomic mass is 9.83. The molecule has 0 saturated heterocycles. The van der Waals surface area contributed by atoms with Gasteiger partial charge in [0.25, 0.3) is 0 Å². The maximum atomic E-state index is 11.8. The second kappa shape index (κ2) is 4.09. The monoisotopic (exact) mass is 260 g/mol. The highest BCUT2D eigenvalue weighted by Gasteiger charge is 2.57. The number of carbonyl (C=O) groups excluding carboxylic acids is 1. The van der Waals surface area contributed by atoms with Crippen molar-refractivity contribution in [3.05, 3.63) is 0 Å². The third-order valence-electron chi connectivity index (χ3n) is 3.43. The van der Waals surface area contributed by atoms with E-state index in [0.717, 1.165) is 32.1 Å². The first-order valence-electron chi connectivity index (χ1n) is 5.60. The van der Waals surface area contributed by atoms with Crippen LogP contribution in [-0.2, 0) is 4.79 Å². The molecule has 0 bridgehead atoms. The van der Waals surface area contributed by atoms with E-state index in [1.165, 1.54) is 0 Å². The first kappa shape index (κ1) is 12.0. The molecular weight excluding hydrogens is 247 g/mol. The van der Waals surface area contributed by atoms with E-state index in [9.17, 15) is 10.1 Å². The Hall–Kier alpha value is -0.460. The topological polar surface area (TPSA) is 52.9 Å². The second-order valence-corrected chi connectivity index (χ2v) is 6.30. The summed E-state index contributed by atoms with van der Waals surface area (Å²) < 4.78 is -0.907. The van der Waals surface area contributed by atoms with E-state index in [0.29, 0.717) is 6.42 Å². The van der Waals surface area contributed by atoms with Gasteiger partial charge in [-0.25, -0.2) is 0 Å². The molecule has 1 amide bonds. The molecule has 1 atom stereocenters. The van der Waals surface area contributed by atoms with Gasteiger partial charge in [-0.3, -0.25) is 4.79 Å². The summed E-state index contributed by atoms with van der Waals surface area (Å²) in [6.07, 6.45) is 5.08. The molecule has 0 radical (unpaired) electrons. The molecule has 2 saturated carbocycles. The molecule has 1 N–H and O–H groups in total. The number of nitrogens with zero attached hydrogens (tertiary/aromatic N) is 1. The van der Waals surface area contributed by atoms with Crippen LogP contribution in [0.5, 0.6) is 0 Å². The normalized spacial score (nSPS) is 30.2. The minimum atomic E-state index is -0.907. The standard InChI is InChI=1S/C11H14Cl2N2O/c12-11(13)6-8(11)9(16)15-10(7-14)4-2-1-3-5-10/h8H,1-6H2,(H,15,16). The number of amides is 1. The average Bonchev–Trinajstić information content (AvgIpc) is 2.89. The highest BCUT2D eigenvalue weighted by atomic mass is 35.5. The molecule has 2 rings (SSSR count). The van der Waals surface area contributed by atoms with Crippen molar-refractivity contribution in [2.24, 2.45) is 5.92 Å². The van der Waals surface area contributed by atoms with Gasteiger partial charge in [-0.2, -0.15) is 5.26 Å². The maximum absolute atomic E-state index is 11.8. The quantitative estimate of drug-likeness (QED) is 0.776. The summed E-state index contributed by atoms with van der Waals surface area (Å²) in [5.41, 5.74) is -0.679. The van der Waals surface area contributed by atoms with Crippen LogP contribution >= 0.6 is 23.2 Å². The van der Waals surface area contributed by atoms with Gasteiger partial charge in [0, 0.05) is 0 Å². The van der Waals surface area contributed by atoms with Crippen LogP contribution in [0, 0.1) is 17.2 Å². The molecule has 0 aromatic rings. The number of carbonyl (C=O) groups is 1. The number of alkyl halides is 2. The minimum Gasteiger partial charge on any atom is -0.337 e. The number of nitriles is 1. The number of halogens is 2. The molecule has 1 unspecified atom stereocenters. The van der Waals surface area contributed by atoms with Crippen LogP contribution in [0.3, 0.4) is 0 Å². The molecule has 0 aromatic carbocycles. The Kier molecular flexibility index (Phi) is 3.07. The molecule has 88 valence electrons. The second-order valence-electron chi connectivity index (χ2n) is 4.76. The van der Waals surface area contributed by atoms with E-state index in [2.05, 4.69) is 11.4 Å². The Morgan fingerprint density at radius 2 is 1.88 bits per heavy atom. The summed E-state index contributed by atoms with van der Waals surface area (Å²) in [7, 11) is 0. The minimum absolute atomic E-state index is 0.173. The summed E-state index contributed by atoms with van der Waals surface area (Å²) >= 11 is 11.7. The van der Waals surface area contributed by atoms with Crippen molar-refractivity contribution in [1.82, 2.24) is 5.32 Å². The number of hydrogen-bond donors (Lipinski definition) is 1. The predicted molar refractivity (Wildman–Crippen MR) is 62.1 cm³/mol. The van der Waals surface area contributed by atoms with Crippen LogP contribution in [0.2, 0.25) is 0 Å². The highest BCUT2D eigenvalue weighted by molar-refractivity contribution is 6.52. The van der Waals surface area contributed by atoms with Gasteiger partial charge in [0.05, 0.1) is 12.0 Å². The third-order valence-corrected chi connectivity index (χ3v) is 4.26. The average molecular weight is 261 g/mol. The molecule has 2 fully saturated rings. The SMILES string of the molecule is N#CC1(NC(=O)C2CC2(Cl)Cl)CCCCC1. The lowest BCUT2D eigenvalue weighted by molar-refractivity contribution is -0.124. The smallest absolute Gasteiger partial charge is 0.227 e. The molecule has 0 aliphatic heterocycles. The molecule has 2 aliphatic carbocycles. The van der Waals surface area contributed by atoms with Crippen molar-refractivity contribution in [2.75, 3.05) is 0 Å². The van der Waals surface area contributed by atoms with Crippen LogP contribution in [0.25, 0.3) is 0 Å². The molecule has 16 heavy (non-hydrogen) atoms. The van der Waals surface area contributed by atoms with Crippen LogP contribution < -0.4 is 5.32 Å². The molecular formula is C11H14Cl2N2O. The summed E-state index contributed by atoms with van der Waals surface area (Å²) in [5, 5.41) is 12.0. The fourth-order valence-electron chi connectivity index (χ4n) is 2.24. The zero-order valence-corrected chi connectivity index (χ0v) is 10.4. The van der Waals surface area contributed by atoms with Gasteiger partial charge in [-0.1, -0.05) is 19.3 Å². The Bertz CT molecular complexity index is 342. The summed E-state index contributed by atoms with van der Waals surface area (Å²) in [6.45, 7) is 0. The van der Waals surface area contributed by atoms with Crippen LogP contribution in [0.1, 0.15) is 38.5 Å². The number of rotatable bonds is 2. The highest BCUT2D eigenvalue weighted by Crippen LogP contribution is 2.53. The van der Waals surface area contributed by atoms with Gasteiger partial charge in [-0.15, -0.1) is 23.2 Å². The molecule has 0 aromatic heterocycles. The Morgan fingerprint density at radius 1 is 1.31 bits per heavy atom. The van der Waals surface area contributed by atoms with Crippen LogP contribution in [0.15, 0.2) is 0 Å². The van der Waals surface area contributed by atoms with Crippen molar-refractivity contribution >= 4 is 29.1 Å². The van der Waals surface area contributed by atoms with Crippen LogP contribution in [0.4, 0.5) is 0 Å². The first-order valence-corrected chi connectivity index (χ1v) is 6.36. The molecule has 2 aliphatic rings. The Labute approximate surface area is 105 Å². The molecule has 5 heteroatoms. The van der Waals surface area contributed by atoms with Gasteiger partial charge in [0.1, 0.15) is 9.87 Å². The zero-order chi connectivity index (χ0) is 11.8. The van der Waals surface area contributed by atoms with Gasteiger partial charge >= 0.3 is 0 Å². The van der Waals surface area contributed by atoms with Crippen molar-refractivity contribution in [3.63, 3.8) is 0 Å². The first-order chi connectivity index (χ1) is 7.49. The summed E-state index contributed by atoms with van der Waals surface area (Å²) in [5.74, 6) is -0.517. The number of nitrogens with one attached hydrogen (secondary N) is 1. The van der Waals surface area contributed by atoms with E-state index >= 15 is 0 Å². The van der Waals surface area contributed by atoms with Gasteiger partial charge in [-0.05, 0) is 19.3 Å². The molecule has 3 nitrogen and oxygen atoms in total. The zero-order valence-electron chi connectivity index (χ0n) is 8.93. The van der Waals surface area contributed by atoms with Crippen molar-refractivity contribution < 1.29 is 4.79 Å². The van der Waals surface area contributed by atoms with Gasteiger partial charge in [0.2, 0.25) is 5.91 Å². The third kappa shape index (κ3) is 2.28.